The minimum absolute atomic E-state index is 0.361. The van der Waals surface area contributed by atoms with Gasteiger partial charge in [0, 0.05) is 25.1 Å². The van der Waals surface area contributed by atoms with E-state index < -0.39 is 0 Å². The molecule has 1 spiro atoms. The van der Waals surface area contributed by atoms with Gasteiger partial charge in [0.2, 0.25) is 0 Å². The van der Waals surface area contributed by atoms with Crippen LogP contribution in [0.4, 0.5) is 0 Å². The monoisotopic (exact) mass is 279 g/mol. The first-order valence-electron chi connectivity index (χ1n) is 7.82. The van der Waals surface area contributed by atoms with Gasteiger partial charge in [0.25, 0.3) is 0 Å². The van der Waals surface area contributed by atoms with Gasteiger partial charge in [0.05, 0.1) is 12.6 Å². The first-order chi connectivity index (χ1) is 9.76. The molecule has 0 saturated heterocycles. The van der Waals surface area contributed by atoms with E-state index in [2.05, 4.69) is 27.8 Å². The number of nitrogens with one attached hydrogen (secondary N) is 1. The van der Waals surface area contributed by atoms with Gasteiger partial charge >= 0.3 is 0 Å². The Bertz CT molecular complexity index is 441. The predicted molar refractivity (Wildman–Crippen MR) is 75.0 cm³/mol. The minimum Gasteiger partial charge on any atom is -0.378 e. The molecule has 1 heterocycles. The van der Waals surface area contributed by atoms with E-state index in [-0.39, 0.29) is 0 Å². The van der Waals surface area contributed by atoms with Crippen molar-refractivity contribution in [2.45, 2.75) is 64.1 Å². The number of aryl methyl sites for hydroxylation is 1. The molecule has 1 aromatic heterocycles. The third kappa shape index (κ3) is 2.35. The van der Waals surface area contributed by atoms with Gasteiger partial charge in [0.15, 0.2) is 5.82 Å². The van der Waals surface area contributed by atoms with Crippen LogP contribution < -0.4 is 5.32 Å². The van der Waals surface area contributed by atoms with E-state index in [0.29, 0.717) is 17.6 Å². The minimum atomic E-state index is 0.361. The second-order valence-corrected chi connectivity index (χ2v) is 6.13. The van der Waals surface area contributed by atoms with Crippen molar-refractivity contribution in [3.63, 3.8) is 0 Å². The molecule has 1 N–H and O–H groups in total. The molecule has 0 amide bonds. The lowest BCUT2D eigenvalue weighted by Gasteiger charge is -2.58. The van der Waals surface area contributed by atoms with Crippen LogP contribution in [0.15, 0.2) is 0 Å². The average Bonchev–Trinajstić information content (AvgIpc) is 2.88. The molecule has 1 aromatic rings. The molecule has 20 heavy (non-hydrogen) atoms. The van der Waals surface area contributed by atoms with Crippen LogP contribution in [0.1, 0.15) is 51.3 Å². The number of rotatable bonds is 5. The summed E-state index contributed by atoms with van der Waals surface area (Å²) in [6.07, 6.45) is 8.22. The molecular formula is C14H25N5O. The lowest BCUT2D eigenvalue weighted by atomic mass is 9.55. The first-order valence-corrected chi connectivity index (χ1v) is 7.82. The van der Waals surface area contributed by atoms with Crippen LogP contribution in [0, 0.1) is 5.41 Å². The maximum atomic E-state index is 5.98. The third-order valence-corrected chi connectivity index (χ3v) is 5.15. The summed E-state index contributed by atoms with van der Waals surface area (Å²) in [6, 6.07) is 0.552. The number of aromatic nitrogens is 4. The predicted octanol–water partition coefficient (Wildman–Crippen LogP) is 1.43. The van der Waals surface area contributed by atoms with E-state index in [0.717, 1.165) is 25.4 Å². The van der Waals surface area contributed by atoms with Crippen LogP contribution in [0.2, 0.25) is 0 Å². The topological polar surface area (TPSA) is 64.9 Å². The molecule has 0 radical (unpaired) electrons. The quantitative estimate of drug-likeness (QED) is 0.883. The Morgan fingerprint density at radius 2 is 2.15 bits per heavy atom. The van der Waals surface area contributed by atoms with Crippen molar-refractivity contribution in [1.82, 2.24) is 25.5 Å². The lowest BCUT2D eigenvalue weighted by Crippen LogP contribution is -2.64. The van der Waals surface area contributed by atoms with E-state index in [4.69, 9.17) is 4.74 Å². The fourth-order valence-corrected chi connectivity index (χ4v) is 3.96. The summed E-state index contributed by atoms with van der Waals surface area (Å²) in [5, 5.41) is 15.3. The van der Waals surface area contributed by atoms with Gasteiger partial charge in [-0.2, -0.15) is 0 Å². The SMILES string of the molecule is CCOC1CC(NCc2nnnn2C)C12CCCCC2. The summed E-state index contributed by atoms with van der Waals surface area (Å²) in [7, 11) is 1.89. The molecule has 0 aliphatic heterocycles. The summed E-state index contributed by atoms with van der Waals surface area (Å²) in [6.45, 7) is 3.67. The smallest absolute Gasteiger partial charge is 0.164 e. The fraction of sp³-hybridized carbons (Fsp3) is 0.929. The third-order valence-electron chi connectivity index (χ3n) is 5.15. The van der Waals surface area contributed by atoms with Gasteiger partial charge in [0.1, 0.15) is 0 Å². The van der Waals surface area contributed by atoms with Crippen LogP contribution in [0.25, 0.3) is 0 Å². The maximum Gasteiger partial charge on any atom is 0.164 e. The van der Waals surface area contributed by atoms with Gasteiger partial charge in [-0.1, -0.05) is 19.3 Å². The summed E-state index contributed by atoms with van der Waals surface area (Å²) in [5.41, 5.74) is 0.361. The highest BCUT2D eigenvalue weighted by molar-refractivity contribution is 5.09. The molecule has 2 aliphatic carbocycles. The van der Waals surface area contributed by atoms with E-state index in [1.807, 2.05) is 7.05 Å². The number of hydrogen-bond donors (Lipinski definition) is 1. The Balaban J connectivity index is 1.62. The zero-order valence-electron chi connectivity index (χ0n) is 12.5. The van der Waals surface area contributed by atoms with Crippen molar-refractivity contribution < 1.29 is 4.74 Å². The van der Waals surface area contributed by atoms with E-state index >= 15 is 0 Å². The number of tetrazole rings is 1. The Morgan fingerprint density at radius 3 is 2.80 bits per heavy atom. The largest absolute Gasteiger partial charge is 0.378 e. The molecule has 2 atom stereocenters. The van der Waals surface area contributed by atoms with Crippen LogP contribution in [0.5, 0.6) is 0 Å². The standard InChI is InChI=1S/C14H25N5O/c1-3-20-12-9-11(14(12)7-5-4-6-8-14)15-10-13-16-17-18-19(13)2/h11-12,15H,3-10H2,1-2H3. The Kier molecular flexibility index (Phi) is 4.03. The van der Waals surface area contributed by atoms with E-state index in [1.165, 1.54) is 32.1 Å². The molecule has 6 heteroatoms. The summed E-state index contributed by atoms with van der Waals surface area (Å²) in [5.74, 6) is 0.899. The molecule has 2 saturated carbocycles. The molecule has 0 aromatic carbocycles. The molecule has 2 unspecified atom stereocenters. The lowest BCUT2D eigenvalue weighted by molar-refractivity contribution is -0.150. The zero-order valence-corrected chi connectivity index (χ0v) is 12.5. The van der Waals surface area contributed by atoms with Crippen molar-refractivity contribution in [3.05, 3.63) is 5.82 Å². The Hall–Kier alpha value is -1.01. The van der Waals surface area contributed by atoms with Crippen molar-refractivity contribution in [2.24, 2.45) is 12.5 Å². The maximum absolute atomic E-state index is 5.98. The van der Waals surface area contributed by atoms with Crippen LogP contribution in [-0.4, -0.2) is 39.0 Å². The normalized spacial score (nSPS) is 28.5. The van der Waals surface area contributed by atoms with Crippen LogP contribution in [0.3, 0.4) is 0 Å². The van der Waals surface area contributed by atoms with Gasteiger partial charge in [-0.3, -0.25) is 0 Å². The molecule has 2 aliphatic rings. The van der Waals surface area contributed by atoms with Crippen molar-refractivity contribution in [2.75, 3.05) is 6.61 Å². The highest BCUT2D eigenvalue weighted by Gasteiger charge is 2.55. The second-order valence-electron chi connectivity index (χ2n) is 6.13. The van der Waals surface area contributed by atoms with Crippen molar-refractivity contribution in [3.8, 4) is 0 Å². The van der Waals surface area contributed by atoms with Gasteiger partial charge in [-0.25, -0.2) is 4.68 Å². The van der Waals surface area contributed by atoms with Gasteiger partial charge in [-0.05, 0) is 36.6 Å². The summed E-state index contributed by atoms with van der Waals surface area (Å²) >= 11 is 0. The van der Waals surface area contributed by atoms with Crippen molar-refractivity contribution >= 4 is 0 Å². The van der Waals surface area contributed by atoms with Gasteiger partial charge < -0.3 is 10.1 Å². The Morgan fingerprint density at radius 1 is 1.35 bits per heavy atom. The van der Waals surface area contributed by atoms with E-state index in [9.17, 15) is 0 Å². The molecular weight excluding hydrogens is 254 g/mol. The molecule has 112 valence electrons. The number of nitrogens with zero attached hydrogens (tertiary/aromatic N) is 4. The number of ether oxygens (including phenoxy) is 1. The fourth-order valence-electron chi connectivity index (χ4n) is 3.96. The second kappa shape index (κ2) is 5.77. The first kappa shape index (κ1) is 13.9. The zero-order chi connectivity index (χ0) is 14.0. The molecule has 2 fully saturated rings. The number of hydrogen-bond acceptors (Lipinski definition) is 5. The van der Waals surface area contributed by atoms with Crippen molar-refractivity contribution in [1.29, 1.82) is 0 Å². The molecule has 6 nitrogen and oxygen atoms in total. The average molecular weight is 279 g/mol. The molecule has 3 rings (SSSR count). The van der Waals surface area contributed by atoms with Crippen LogP contribution in [-0.2, 0) is 18.3 Å². The van der Waals surface area contributed by atoms with Crippen LogP contribution >= 0.6 is 0 Å². The highest BCUT2D eigenvalue weighted by Crippen LogP contribution is 2.53. The van der Waals surface area contributed by atoms with E-state index in [1.54, 1.807) is 4.68 Å². The highest BCUT2D eigenvalue weighted by atomic mass is 16.5. The molecule has 0 bridgehead atoms. The summed E-state index contributed by atoms with van der Waals surface area (Å²) < 4.78 is 7.71. The summed E-state index contributed by atoms with van der Waals surface area (Å²) in [4.78, 5) is 0. The Labute approximate surface area is 120 Å². The van der Waals surface area contributed by atoms with Gasteiger partial charge in [-0.15, -0.1) is 5.10 Å².